The molecule has 1 amide bonds. The summed E-state index contributed by atoms with van der Waals surface area (Å²) >= 11 is 5.77. The number of benzene rings is 1. The Morgan fingerprint density at radius 1 is 1.33 bits per heavy atom. The molecule has 0 atom stereocenters. The maximum atomic E-state index is 11.3. The minimum atomic E-state index is -0.534. The zero-order valence-electron chi connectivity index (χ0n) is 8.29. The molecule has 0 bridgehead atoms. The summed E-state index contributed by atoms with van der Waals surface area (Å²) in [5.41, 5.74) is 5.74. The number of amides is 1. The van der Waals surface area contributed by atoms with E-state index in [2.05, 4.69) is 5.32 Å². The van der Waals surface area contributed by atoms with Crippen molar-refractivity contribution in [1.82, 2.24) is 0 Å². The lowest BCUT2D eigenvalue weighted by atomic mass is 9.76. The van der Waals surface area contributed by atoms with Crippen molar-refractivity contribution in [2.24, 2.45) is 5.73 Å². The van der Waals surface area contributed by atoms with Crippen molar-refractivity contribution in [1.29, 1.82) is 0 Å². The highest BCUT2D eigenvalue weighted by atomic mass is 35.5. The van der Waals surface area contributed by atoms with Crippen molar-refractivity contribution in [3.63, 3.8) is 0 Å². The van der Waals surface area contributed by atoms with E-state index < -0.39 is 5.54 Å². The van der Waals surface area contributed by atoms with Crippen LogP contribution in [0.4, 0.5) is 5.69 Å². The minimum absolute atomic E-state index is 0.274. The first-order valence-electron chi connectivity index (χ1n) is 4.96. The number of halogens is 1. The van der Waals surface area contributed by atoms with Gasteiger partial charge in [-0.3, -0.25) is 4.79 Å². The van der Waals surface area contributed by atoms with Gasteiger partial charge >= 0.3 is 0 Å². The molecule has 0 heterocycles. The molecule has 0 spiro atoms. The van der Waals surface area contributed by atoms with E-state index in [9.17, 15) is 4.79 Å². The third-order valence-electron chi connectivity index (χ3n) is 2.91. The van der Waals surface area contributed by atoms with Gasteiger partial charge in [-0.25, -0.2) is 0 Å². The van der Waals surface area contributed by atoms with Gasteiger partial charge in [0.05, 0.1) is 0 Å². The van der Waals surface area contributed by atoms with Crippen molar-refractivity contribution >= 4 is 23.2 Å². The maximum absolute atomic E-state index is 11.3. The first-order valence-corrected chi connectivity index (χ1v) is 5.34. The molecule has 0 unspecified atom stereocenters. The maximum Gasteiger partial charge on any atom is 0.243 e. The van der Waals surface area contributed by atoms with Crippen LogP contribution in [0.5, 0.6) is 0 Å². The monoisotopic (exact) mass is 224 g/mol. The topological polar surface area (TPSA) is 55.1 Å². The molecule has 1 aromatic rings. The molecule has 0 aliphatic heterocycles. The van der Waals surface area contributed by atoms with E-state index in [-0.39, 0.29) is 5.91 Å². The number of rotatable bonds is 3. The summed E-state index contributed by atoms with van der Waals surface area (Å²) in [7, 11) is 0. The van der Waals surface area contributed by atoms with E-state index >= 15 is 0 Å². The van der Waals surface area contributed by atoms with Gasteiger partial charge in [-0.05, 0) is 43.5 Å². The van der Waals surface area contributed by atoms with Gasteiger partial charge in [0.15, 0.2) is 0 Å². The normalized spacial score (nSPS) is 17.9. The van der Waals surface area contributed by atoms with Crippen molar-refractivity contribution in [3.8, 4) is 0 Å². The molecule has 1 fully saturated rings. The van der Waals surface area contributed by atoms with Gasteiger partial charge in [0.25, 0.3) is 0 Å². The van der Waals surface area contributed by atoms with Gasteiger partial charge in [0.2, 0.25) is 5.91 Å². The SMILES string of the molecule is NC(=O)C1(Nc2ccc(Cl)cc2)CCC1. The number of nitrogens with one attached hydrogen (secondary N) is 1. The predicted octanol–water partition coefficient (Wildman–Crippen LogP) is 2.16. The number of hydrogen-bond acceptors (Lipinski definition) is 2. The molecule has 15 heavy (non-hydrogen) atoms. The van der Waals surface area contributed by atoms with Gasteiger partial charge in [-0.2, -0.15) is 0 Å². The minimum Gasteiger partial charge on any atom is -0.371 e. The van der Waals surface area contributed by atoms with Gasteiger partial charge in [-0.1, -0.05) is 11.6 Å². The van der Waals surface area contributed by atoms with Crippen LogP contribution in [0.15, 0.2) is 24.3 Å². The van der Waals surface area contributed by atoms with Crippen LogP contribution in [-0.2, 0) is 4.79 Å². The number of primary amides is 1. The number of carbonyl (C=O) groups is 1. The Bertz CT molecular complexity index is 371. The smallest absolute Gasteiger partial charge is 0.243 e. The van der Waals surface area contributed by atoms with E-state index in [1.165, 1.54) is 0 Å². The number of anilines is 1. The Morgan fingerprint density at radius 2 is 1.93 bits per heavy atom. The first kappa shape index (κ1) is 10.3. The lowest BCUT2D eigenvalue weighted by Crippen LogP contribution is -2.55. The Hall–Kier alpha value is -1.22. The largest absolute Gasteiger partial charge is 0.371 e. The van der Waals surface area contributed by atoms with Crippen molar-refractivity contribution in [3.05, 3.63) is 29.3 Å². The molecule has 1 aromatic carbocycles. The highest BCUT2D eigenvalue weighted by Crippen LogP contribution is 2.35. The fraction of sp³-hybridized carbons (Fsp3) is 0.364. The average Bonchev–Trinajstić information content (AvgIpc) is 2.13. The zero-order valence-corrected chi connectivity index (χ0v) is 9.05. The molecule has 0 saturated heterocycles. The zero-order chi connectivity index (χ0) is 10.9. The van der Waals surface area contributed by atoms with Crippen molar-refractivity contribution < 1.29 is 4.79 Å². The van der Waals surface area contributed by atoms with Gasteiger partial charge in [-0.15, -0.1) is 0 Å². The van der Waals surface area contributed by atoms with E-state index in [4.69, 9.17) is 17.3 Å². The second-order valence-corrected chi connectivity index (χ2v) is 4.37. The summed E-state index contributed by atoms with van der Waals surface area (Å²) in [5, 5.41) is 3.87. The van der Waals surface area contributed by atoms with Crippen LogP contribution >= 0.6 is 11.6 Å². The van der Waals surface area contributed by atoms with Crippen LogP contribution in [0.3, 0.4) is 0 Å². The molecule has 1 aliphatic rings. The summed E-state index contributed by atoms with van der Waals surface area (Å²) in [6.45, 7) is 0. The van der Waals surface area contributed by atoms with Crippen LogP contribution in [0.25, 0.3) is 0 Å². The molecule has 1 aliphatic carbocycles. The van der Waals surface area contributed by atoms with E-state index in [0.29, 0.717) is 5.02 Å². The standard InChI is InChI=1S/C11H13ClN2O/c12-8-2-4-9(5-3-8)14-11(10(13)15)6-1-7-11/h2-5,14H,1,6-7H2,(H2,13,15). The molecule has 3 nitrogen and oxygen atoms in total. The Labute approximate surface area is 93.6 Å². The van der Waals surface area contributed by atoms with Crippen LogP contribution in [0.1, 0.15) is 19.3 Å². The number of carbonyl (C=O) groups excluding carboxylic acids is 1. The highest BCUT2D eigenvalue weighted by molar-refractivity contribution is 6.30. The summed E-state index contributed by atoms with van der Waals surface area (Å²) in [5.74, 6) is -0.274. The molecule has 4 heteroatoms. The van der Waals surface area contributed by atoms with Crippen LogP contribution in [-0.4, -0.2) is 11.4 Å². The van der Waals surface area contributed by atoms with Gasteiger partial charge in [0.1, 0.15) is 5.54 Å². The second-order valence-electron chi connectivity index (χ2n) is 3.93. The molecular formula is C11H13ClN2O. The lowest BCUT2D eigenvalue weighted by Gasteiger charge is -2.40. The summed E-state index contributed by atoms with van der Waals surface area (Å²) in [4.78, 5) is 11.3. The average molecular weight is 225 g/mol. The predicted molar refractivity (Wildman–Crippen MR) is 60.9 cm³/mol. The molecule has 80 valence electrons. The Morgan fingerprint density at radius 3 is 2.33 bits per heavy atom. The van der Waals surface area contributed by atoms with Crippen LogP contribution in [0, 0.1) is 0 Å². The van der Waals surface area contributed by atoms with Crippen LogP contribution in [0.2, 0.25) is 5.02 Å². The third kappa shape index (κ3) is 1.92. The molecule has 3 N–H and O–H groups in total. The lowest BCUT2D eigenvalue weighted by molar-refractivity contribution is -0.124. The third-order valence-corrected chi connectivity index (χ3v) is 3.16. The quantitative estimate of drug-likeness (QED) is 0.827. The molecule has 0 radical (unpaired) electrons. The summed E-state index contributed by atoms with van der Waals surface area (Å²) in [6, 6.07) is 7.28. The Kier molecular flexibility index (Phi) is 2.57. The highest BCUT2D eigenvalue weighted by Gasteiger charge is 2.42. The Balaban J connectivity index is 2.13. The van der Waals surface area contributed by atoms with E-state index in [1.807, 2.05) is 12.1 Å². The van der Waals surface area contributed by atoms with E-state index in [1.54, 1.807) is 12.1 Å². The summed E-state index contributed by atoms with van der Waals surface area (Å²) in [6.07, 6.45) is 2.67. The molecular weight excluding hydrogens is 212 g/mol. The fourth-order valence-electron chi connectivity index (χ4n) is 1.77. The molecule has 1 saturated carbocycles. The van der Waals surface area contributed by atoms with Gasteiger partial charge < -0.3 is 11.1 Å². The van der Waals surface area contributed by atoms with Crippen LogP contribution < -0.4 is 11.1 Å². The first-order chi connectivity index (χ1) is 7.12. The van der Waals surface area contributed by atoms with Crippen molar-refractivity contribution in [2.45, 2.75) is 24.8 Å². The molecule has 0 aromatic heterocycles. The van der Waals surface area contributed by atoms with Crippen molar-refractivity contribution in [2.75, 3.05) is 5.32 Å². The number of nitrogens with two attached hydrogens (primary N) is 1. The van der Waals surface area contributed by atoms with E-state index in [0.717, 1.165) is 24.9 Å². The number of hydrogen-bond donors (Lipinski definition) is 2. The molecule has 2 rings (SSSR count). The summed E-state index contributed by atoms with van der Waals surface area (Å²) < 4.78 is 0. The van der Waals surface area contributed by atoms with Gasteiger partial charge in [0, 0.05) is 10.7 Å². The second kappa shape index (κ2) is 3.74. The fourth-order valence-corrected chi connectivity index (χ4v) is 1.90.